The van der Waals surface area contributed by atoms with Gasteiger partial charge in [0.05, 0.1) is 0 Å². The van der Waals surface area contributed by atoms with Gasteiger partial charge in [0.2, 0.25) is 0 Å². The first-order valence-electron chi connectivity index (χ1n) is 5.18. The second kappa shape index (κ2) is 58.3. The molecule has 0 aromatic carbocycles. The van der Waals surface area contributed by atoms with Crippen molar-refractivity contribution in [3.05, 3.63) is 57.6 Å². The number of hydrogen-bond acceptors (Lipinski definition) is 2. The van der Waals surface area contributed by atoms with E-state index in [1.165, 1.54) is 0 Å². The Balaban J connectivity index is -0.0000000687. The third-order valence-electron chi connectivity index (χ3n) is 1.29. The van der Waals surface area contributed by atoms with Crippen molar-refractivity contribution in [3.8, 4) is 11.8 Å². The molecule has 0 heterocycles. The SMILES string of the molecule is C=CCOC/C=C(\C)C#C[C](=[Cr])OC.[C-]#[O+].[C-]#[O+].[C-]#[O+].[C-]#[O+].[C-]#[O+]. The molecule has 0 amide bonds. The molecule has 0 aliphatic rings. The summed E-state index contributed by atoms with van der Waals surface area (Å²) in [7, 11) is 1.58. The van der Waals surface area contributed by atoms with Gasteiger partial charge >= 0.3 is 150 Å². The van der Waals surface area contributed by atoms with Gasteiger partial charge in [-0.2, -0.15) is 0 Å². The summed E-state index contributed by atoms with van der Waals surface area (Å²) in [5, 5.41) is 0. The van der Waals surface area contributed by atoms with Crippen LogP contribution >= 0.6 is 0 Å². The Hall–Kier alpha value is -1.94. The summed E-state index contributed by atoms with van der Waals surface area (Å²) >= 11 is 2.71. The van der Waals surface area contributed by atoms with Gasteiger partial charge < -0.3 is 0 Å². The average Bonchev–Trinajstić information content (AvgIpc) is 2.71. The molecule has 0 saturated heterocycles. The number of ether oxygens (including phenoxy) is 2. The van der Waals surface area contributed by atoms with Crippen molar-refractivity contribution in [1.82, 2.24) is 0 Å². The molecule has 0 fully saturated rings. The molecule has 126 valence electrons. The van der Waals surface area contributed by atoms with Crippen molar-refractivity contribution in [1.29, 1.82) is 0 Å². The van der Waals surface area contributed by atoms with Gasteiger partial charge in [-0.1, -0.05) is 0 Å². The number of methoxy groups -OCH3 is 1. The number of allylic oxidation sites excluding steroid dienone is 1. The fraction of sp³-hybridized carbons (Fsp3) is 0.250. The zero-order valence-electron chi connectivity index (χ0n) is 13.0. The zero-order chi connectivity index (χ0) is 20.8. The van der Waals surface area contributed by atoms with Crippen molar-refractivity contribution >= 4 is 4.57 Å². The Morgan fingerprint density at radius 2 is 1.38 bits per heavy atom. The summed E-state index contributed by atoms with van der Waals surface area (Å²) in [5.41, 5.74) is 0.957. The van der Waals surface area contributed by atoms with E-state index in [2.05, 4.69) is 67.5 Å². The Morgan fingerprint density at radius 3 is 1.71 bits per heavy atom. The second-order valence-corrected chi connectivity index (χ2v) is 3.03. The molecule has 0 aliphatic heterocycles. The van der Waals surface area contributed by atoms with Crippen molar-refractivity contribution < 1.29 is 48.6 Å². The molecule has 0 atom stereocenters. The molecule has 0 aliphatic carbocycles. The molecular weight excluding hydrogens is 356 g/mol. The number of rotatable bonds is 5. The third kappa shape index (κ3) is 59.6. The molecule has 24 heavy (non-hydrogen) atoms. The van der Waals surface area contributed by atoms with Gasteiger partial charge in [-0.25, -0.2) is 0 Å². The molecule has 0 N–H and O–H groups in total. The van der Waals surface area contributed by atoms with Crippen LogP contribution in [0.5, 0.6) is 0 Å². The minimum absolute atomic E-state index is 0.558. The maximum atomic E-state index is 7.50. The fourth-order valence-electron chi connectivity index (χ4n) is 0.587. The molecular formula is C16H14CrO7. The predicted molar refractivity (Wildman–Crippen MR) is 74.2 cm³/mol. The average molecular weight is 370 g/mol. The molecule has 0 aromatic rings. The van der Waals surface area contributed by atoms with E-state index in [-0.39, 0.29) is 0 Å². The van der Waals surface area contributed by atoms with Crippen molar-refractivity contribution in [2.75, 3.05) is 20.3 Å². The monoisotopic (exact) mass is 370 g/mol. The first-order chi connectivity index (χ1) is 11.7. The Morgan fingerprint density at radius 1 is 0.958 bits per heavy atom. The summed E-state index contributed by atoms with van der Waals surface area (Å²) in [4.78, 5) is 0. The standard InChI is InChI=1S/C11H14O2.5CO.Cr/c1-4-8-13-10-7-11(2)6-5-9-12-3;5*1-2;/h4,7H,1,8,10H2,2-3H3;;;;;;/b11-7+;;;;;;. The van der Waals surface area contributed by atoms with Crippen LogP contribution in [-0.2, 0) is 48.6 Å². The van der Waals surface area contributed by atoms with Gasteiger partial charge in [0.1, 0.15) is 0 Å². The van der Waals surface area contributed by atoms with Crippen molar-refractivity contribution in [3.63, 3.8) is 0 Å². The van der Waals surface area contributed by atoms with Gasteiger partial charge in [0, 0.05) is 0 Å². The van der Waals surface area contributed by atoms with Crippen LogP contribution < -0.4 is 0 Å². The van der Waals surface area contributed by atoms with Crippen LogP contribution in [0.25, 0.3) is 0 Å². The molecule has 7 nitrogen and oxygen atoms in total. The van der Waals surface area contributed by atoms with E-state index in [0.717, 1.165) is 5.57 Å². The normalized spacial score (nSPS) is 6.42. The topological polar surface area (TPSA) is 118 Å². The summed E-state index contributed by atoms with van der Waals surface area (Å²) < 4.78 is 48.1. The molecule has 0 radical (unpaired) electrons. The van der Waals surface area contributed by atoms with E-state index in [0.29, 0.717) is 17.8 Å². The predicted octanol–water partition coefficient (Wildman–Crippen LogP) is 1.27. The van der Waals surface area contributed by atoms with E-state index in [9.17, 15) is 0 Å². The third-order valence-corrected chi connectivity index (χ3v) is 1.71. The van der Waals surface area contributed by atoms with Crippen LogP contribution in [0.15, 0.2) is 24.3 Å². The van der Waals surface area contributed by atoms with Gasteiger partial charge in [-0.05, 0) is 0 Å². The van der Waals surface area contributed by atoms with Crippen molar-refractivity contribution in [2.45, 2.75) is 6.92 Å². The van der Waals surface area contributed by atoms with Crippen LogP contribution in [0.4, 0.5) is 0 Å². The van der Waals surface area contributed by atoms with Gasteiger partial charge in [-0.3, -0.25) is 0 Å². The van der Waals surface area contributed by atoms with E-state index in [4.69, 9.17) is 32.7 Å². The fourth-order valence-corrected chi connectivity index (χ4v) is 0.667. The van der Waals surface area contributed by atoms with Crippen molar-refractivity contribution in [2.24, 2.45) is 0 Å². The van der Waals surface area contributed by atoms with E-state index < -0.39 is 0 Å². The molecule has 8 heteroatoms. The summed E-state index contributed by atoms with van der Waals surface area (Å²) in [6.45, 7) is 29.1. The molecule has 0 aromatic heterocycles. The van der Waals surface area contributed by atoms with E-state index in [1.54, 1.807) is 13.2 Å². The minimum atomic E-state index is 0.558. The van der Waals surface area contributed by atoms with Crippen LogP contribution in [-0.4, -0.2) is 24.9 Å². The van der Waals surface area contributed by atoms with E-state index >= 15 is 0 Å². The Labute approximate surface area is 150 Å². The van der Waals surface area contributed by atoms with Gasteiger partial charge in [0.15, 0.2) is 0 Å². The second-order valence-electron chi connectivity index (χ2n) is 2.45. The first kappa shape index (κ1) is 37.9. The zero-order valence-corrected chi connectivity index (χ0v) is 14.3. The van der Waals surface area contributed by atoms with Gasteiger partial charge in [0.25, 0.3) is 0 Å². The Bertz CT molecular complexity index is 436. The number of hydrogen-bond donors (Lipinski definition) is 0. The van der Waals surface area contributed by atoms with Gasteiger partial charge in [-0.15, -0.1) is 0 Å². The molecule has 0 unspecified atom stereocenters. The Kier molecular flexibility index (Phi) is 92.1. The summed E-state index contributed by atoms with van der Waals surface area (Å²) in [6.07, 6.45) is 3.63. The molecule has 0 saturated carbocycles. The van der Waals surface area contributed by atoms with Crippen LogP contribution in [0.1, 0.15) is 6.92 Å². The summed E-state index contributed by atoms with van der Waals surface area (Å²) in [6, 6.07) is 0. The molecule has 0 bridgehead atoms. The first-order valence-corrected chi connectivity index (χ1v) is 5.82. The van der Waals surface area contributed by atoms with Crippen LogP contribution in [0, 0.1) is 45.1 Å². The summed E-state index contributed by atoms with van der Waals surface area (Å²) in [5.74, 6) is 5.74. The quantitative estimate of drug-likeness (QED) is 0.238. The molecule has 0 spiro atoms. The van der Waals surface area contributed by atoms with E-state index in [1.807, 2.05) is 13.0 Å². The van der Waals surface area contributed by atoms with Crippen LogP contribution in [0.3, 0.4) is 0 Å². The molecule has 0 rings (SSSR count). The van der Waals surface area contributed by atoms with Crippen LogP contribution in [0.2, 0.25) is 0 Å². The maximum absolute atomic E-state index is 7.50.